The highest BCUT2D eigenvalue weighted by molar-refractivity contribution is 7.92. The largest absolute Gasteiger partial charge is 0.417 e. The van der Waals surface area contributed by atoms with E-state index in [2.05, 4.69) is 14.8 Å². The van der Waals surface area contributed by atoms with Crippen LogP contribution >= 0.6 is 11.6 Å². The molecule has 2 heterocycles. The van der Waals surface area contributed by atoms with Crippen LogP contribution < -0.4 is 4.72 Å². The van der Waals surface area contributed by atoms with Crippen LogP contribution in [-0.4, -0.2) is 23.2 Å². The van der Waals surface area contributed by atoms with E-state index in [9.17, 15) is 21.6 Å². The molecule has 6 nitrogen and oxygen atoms in total. The highest BCUT2D eigenvalue weighted by Crippen LogP contribution is 2.36. The van der Waals surface area contributed by atoms with Crippen molar-refractivity contribution in [1.29, 1.82) is 0 Å². The maximum absolute atomic E-state index is 12.9. The molecule has 0 fully saturated rings. The number of benzene rings is 1. The summed E-state index contributed by atoms with van der Waals surface area (Å²) in [5.41, 5.74) is -0.328. The Hall–Kier alpha value is -2.59. The molecular formula is C16H12ClF3N4O2S. The quantitative estimate of drug-likeness (QED) is 0.686. The number of nitrogens with zero attached hydrogens (tertiary/aromatic N) is 3. The number of pyridine rings is 1. The highest BCUT2D eigenvalue weighted by Gasteiger charge is 2.34. The van der Waals surface area contributed by atoms with Crippen molar-refractivity contribution in [3.8, 4) is 0 Å². The molecule has 0 saturated heterocycles. The number of alkyl halides is 3. The first-order valence-electron chi connectivity index (χ1n) is 7.47. The van der Waals surface area contributed by atoms with Gasteiger partial charge in [-0.05, 0) is 35.9 Å². The zero-order valence-corrected chi connectivity index (χ0v) is 15.1. The van der Waals surface area contributed by atoms with E-state index in [1.165, 1.54) is 10.7 Å². The highest BCUT2D eigenvalue weighted by atomic mass is 35.5. The van der Waals surface area contributed by atoms with Crippen molar-refractivity contribution in [2.24, 2.45) is 0 Å². The maximum atomic E-state index is 12.9. The summed E-state index contributed by atoms with van der Waals surface area (Å²) in [6, 6.07) is 7.32. The second-order valence-electron chi connectivity index (χ2n) is 5.50. The average molecular weight is 417 g/mol. The molecule has 1 aromatic carbocycles. The van der Waals surface area contributed by atoms with Gasteiger partial charge in [-0.15, -0.1) is 0 Å². The van der Waals surface area contributed by atoms with Crippen LogP contribution in [0.4, 0.5) is 19.0 Å². The minimum Gasteiger partial charge on any atom is -0.266 e. The molecule has 3 aromatic rings. The molecule has 0 amide bonds. The first-order valence-corrected chi connectivity index (χ1v) is 9.33. The first kappa shape index (κ1) is 19.2. The van der Waals surface area contributed by atoms with E-state index in [1.54, 1.807) is 30.7 Å². The van der Waals surface area contributed by atoms with E-state index < -0.39 is 31.7 Å². The van der Waals surface area contributed by atoms with Crippen LogP contribution in [0.3, 0.4) is 0 Å². The zero-order chi connectivity index (χ0) is 19.7. The molecule has 0 atom stereocenters. The van der Waals surface area contributed by atoms with E-state index in [-0.39, 0.29) is 5.82 Å². The molecule has 27 heavy (non-hydrogen) atoms. The number of anilines is 1. The summed E-state index contributed by atoms with van der Waals surface area (Å²) in [4.78, 5) is 3.33. The van der Waals surface area contributed by atoms with Crippen molar-refractivity contribution in [1.82, 2.24) is 14.8 Å². The Kier molecular flexibility index (Phi) is 5.11. The number of nitrogens with one attached hydrogen (secondary N) is 1. The van der Waals surface area contributed by atoms with Crippen molar-refractivity contribution in [2.75, 3.05) is 4.72 Å². The average Bonchev–Trinajstić information content (AvgIpc) is 3.01. The van der Waals surface area contributed by atoms with Gasteiger partial charge >= 0.3 is 6.18 Å². The smallest absolute Gasteiger partial charge is 0.266 e. The number of sulfonamides is 1. The topological polar surface area (TPSA) is 76.9 Å². The Balaban J connectivity index is 1.81. The van der Waals surface area contributed by atoms with Crippen LogP contribution in [0.5, 0.6) is 0 Å². The second kappa shape index (κ2) is 7.20. The molecule has 0 aliphatic carbocycles. The number of rotatable bonds is 5. The summed E-state index contributed by atoms with van der Waals surface area (Å²) in [5.74, 6) is -0.0208. The Morgan fingerprint density at radius 1 is 1.11 bits per heavy atom. The van der Waals surface area contributed by atoms with Crippen molar-refractivity contribution in [2.45, 2.75) is 17.6 Å². The number of hydrogen-bond acceptors (Lipinski definition) is 4. The third-order valence-corrected chi connectivity index (χ3v) is 5.21. The van der Waals surface area contributed by atoms with Gasteiger partial charge in [0, 0.05) is 24.7 Å². The van der Waals surface area contributed by atoms with Crippen molar-refractivity contribution >= 4 is 27.4 Å². The number of hydrogen-bond donors (Lipinski definition) is 1. The third kappa shape index (κ3) is 4.58. The molecule has 0 spiro atoms. The second-order valence-corrected chi connectivity index (χ2v) is 7.59. The predicted octanol–water partition coefficient (Wildman–Crippen LogP) is 3.80. The molecule has 142 valence electrons. The molecule has 0 aliphatic rings. The molecular weight excluding hydrogens is 405 g/mol. The van der Waals surface area contributed by atoms with Crippen molar-refractivity contribution in [3.63, 3.8) is 0 Å². The Bertz CT molecular complexity index is 1050. The van der Waals surface area contributed by atoms with E-state index >= 15 is 0 Å². The maximum Gasteiger partial charge on any atom is 0.417 e. The standard InChI is InChI=1S/C16H12ClF3N4O2S/c17-14-2-1-12(9-13(14)16(18,19)20)27(25,26)23-15-5-8-24(22-15)10-11-3-6-21-7-4-11/h1-9H,10H2,(H,22,23). The van der Waals surface area contributed by atoms with Gasteiger partial charge in [0.25, 0.3) is 10.0 Å². The summed E-state index contributed by atoms with van der Waals surface area (Å²) >= 11 is 5.52. The lowest BCUT2D eigenvalue weighted by Gasteiger charge is -2.11. The fraction of sp³-hybridized carbons (Fsp3) is 0.125. The molecule has 0 radical (unpaired) electrons. The Morgan fingerprint density at radius 3 is 2.48 bits per heavy atom. The van der Waals surface area contributed by atoms with Crippen LogP contribution in [0.15, 0.2) is 59.9 Å². The van der Waals surface area contributed by atoms with Gasteiger partial charge in [0.15, 0.2) is 5.82 Å². The normalized spacial score (nSPS) is 12.1. The number of halogens is 4. The Morgan fingerprint density at radius 2 is 1.81 bits per heavy atom. The van der Waals surface area contributed by atoms with Gasteiger partial charge in [0.05, 0.1) is 22.0 Å². The molecule has 2 aromatic heterocycles. The minimum absolute atomic E-state index is 0.0208. The van der Waals surface area contributed by atoms with Crippen LogP contribution in [0.1, 0.15) is 11.1 Å². The molecule has 0 unspecified atom stereocenters. The lowest BCUT2D eigenvalue weighted by molar-refractivity contribution is -0.137. The van der Waals surface area contributed by atoms with Gasteiger partial charge in [0.2, 0.25) is 0 Å². The van der Waals surface area contributed by atoms with E-state index in [4.69, 9.17) is 11.6 Å². The lowest BCUT2D eigenvalue weighted by atomic mass is 10.2. The SMILES string of the molecule is O=S(=O)(Nc1ccn(Cc2ccncc2)n1)c1ccc(Cl)c(C(F)(F)F)c1. The van der Waals surface area contributed by atoms with E-state index in [0.717, 1.165) is 17.7 Å². The lowest BCUT2D eigenvalue weighted by Crippen LogP contribution is -2.15. The van der Waals surface area contributed by atoms with Gasteiger partial charge in [-0.2, -0.15) is 18.3 Å². The summed E-state index contributed by atoms with van der Waals surface area (Å²) in [6.45, 7) is 0.378. The van der Waals surface area contributed by atoms with Gasteiger partial charge in [-0.25, -0.2) is 8.42 Å². The van der Waals surface area contributed by atoms with Gasteiger partial charge in [0.1, 0.15) is 0 Å². The third-order valence-electron chi connectivity index (χ3n) is 3.53. The summed E-state index contributed by atoms with van der Waals surface area (Å²) in [5, 5.41) is 3.48. The molecule has 3 rings (SSSR count). The van der Waals surface area contributed by atoms with Crippen LogP contribution in [0, 0.1) is 0 Å². The fourth-order valence-electron chi connectivity index (χ4n) is 2.26. The summed E-state index contributed by atoms with van der Waals surface area (Å²) < 4.78 is 67.2. The van der Waals surface area contributed by atoms with Crippen LogP contribution in [0.25, 0.3) is 0 Å². The zero-order valence-electron chi connectivity index (χ0n) is 13.5. The van der Waals surface area contributed by atoms with E-state index in [1.807, 2.05) is 0 Å². The van der Waals surface area contributed by atoms with Crippen molar-refractivity contribution in [3.05, 3.63) is 71.1 Å². The van der Waals surface area contributed by atoms with Gasteiger partial charge in [-0.1, -0.05) is 11.6 Å². The first-order chi connectivity index (χ1) is 12.6. The summed E-state index contributed by atoms with van der Waals surface area (Å²) in [7, 11) is -4.27. The van der Waals surface area contributed by atoms with E-state index in [0.29, 0.717) is 12.6 Å². The van der Waals surface area contributed by atoms with Gasteiger partial charge < -0.3 is 0 Å². The fourth-order valence-corrected chi connectivity index (χ4v) is 3.51. The summed E-state index contributed by atoms with van der Waals surface area (Å²) in [6.07, 6.45) is -0.00152. The molecule has 11 heteroatoms. The van der Waals surface area contributed by atoms with Crippen LogP contribution in [0.2, 0.25) is 5.02 Å². The van der Waals surface area contributed by atoms with Crippen molar-refractivity contribution < 1.29 is 21.6 Å². The predicted molar refractivity (Wildman–Crippen MR) is 92.8 cm³/mol. The molecule has 0 saturated carbocycles. The minimum atomic E-state index is -4.77. The molecule has 0 aliphatic heterocycles. The Labute approximate surface area is 157 Å². The molecule has 1 N–H and O–H groups in total. The van der Waals surface area contributed by atoms with Crippen LogP contribution in [-0.2, 0) is 22.7 Å². The monoisotopic (exact) mass is 416 g/mol. The number of aromatic nitrogens is 3. The molecule has 0 bridgehead atoms. The van der Waals surface area contributed by atoms with Gasteiger partial charge in [-0.3, -0.25) is 14.4 Å².